The predicted molar refractivity (Wildman–Crippen MR) is 152 cm³/mol. The molecule has 4 aromatic rings. The lowest BCUT2D eigenvalue weighted by molar-refractivity contribution is -0.394. The van der Waals surface area contributed by atoms with Gasteiger partial charge in [0, 0.05) is 23.7 Å². The van der Waals surface area contributed by atoms with Gasteiger partial charge in [-0.15, -0.1) is 11.3 Å². The maximum absolute atomic E-state index is 13.3. The molecule has 0 radical (unpaired) electrons. The van der Waals surface area contributed by atoms with Gasteiger partial charge in [0.2, 0.25) is 5.75 Å². The van der Waals surface area contributed by atoms with E-state index in [-0.39, 0.29) is 11.7 Å². The standard InChI is InChI=1S/C29H24N4O6S/c34-28(30-17-19-6-2-1-3-7-19)27-23-8-4-5-9-26(23)40-29(27)31-18-20-10-13-22(14-11-20)39-25-15-12-21(32(35)36)16-24(25)33(37)38/h1-3,6-7,10-16,18H,4-5,8-9,17H2,(H,30,34)/b31-18-. The molecule has 40 heavy (non-hydrogen) atoms. The molecule has 0 atom stereocenters. The lowest BCUT2D eigenvalue weighted by atomic mass is 9.95. The number of nitrogens with zero attached hydrogens (tertiary/aromatic N) is 3. The smallest absolute Gasteiger partial charge is 0.318 e. The zero-order chi connectivity index (χ0) is 28.1. The summed E-state index contributed by atoms with van der Waals surface area (Å²) in [5.74, 6) is 0.0813. The Hall–Kier alpha value is -4.90. The normalized spacial score (nSPS) is 12.6. The Labute approximate surface area is 233 Å². The average Bonchev–Trinajstić information content (AvgIpc) is 3.34. The lowest BCUT2D eigenvalue weighted by Gasteiger charge is -2.12. The molecular formula is C29H24N4O6S. The zero-order valence-electron chi connectivity index (χ0n) is 21.2. The van der Waals surface area contributed by atoms with Crippen LogP contribution in [0, 0.1) is 20.2 Å². The van der Waals surface area contributed by atoms with Gasteiger partial charge in [-0.3, -0.25) is 25.0 Å². The van der Waals surface area contributed by atoms with E-state index in [2.05, 4.69) is 10.3 Å². The maximum atomic E-state index is 13.3. The van der Waals surface area contributed by atoms with Crippen molar-refractivity contribution in [2.45, 2.75) is 32.2 Å². The molecule has 1 aromatic heterocycles. The van der Waals surface area contributed by atoms with Crippen LogP contribution in [0.5, 0.6) is 11.5 Å². The largest absolute Gasteiger partial charge is 0.450 e. The number of nitro groups is 2. The van der Waals surface area contributed by atoms with Gasteiger partial charge in [-0.25, -0.2) is 4.99 Å². The first kappa shape index (κ1) is 26.7. The first-order chi connectivity index (χ1) is 19.4. The van der Waals surface area contributed by atoms with Crippen molar-refractivity contribution in [3.05, 3.63) is 120 Å². The molecule has 3 aromatic carbocycles. The molecule has 1 amide bonds. The van der Waals surface area contributed by atoms with Gasteiger partial charge < -0.3 is 10.1 Å². The van der Waals surface area contributed by atoms with Gasteiger partial charge in [-0.05, 0) is 72.7 Å². The number of aliphatic imine (C=N–C) groups is 1. The molecule has 1 N–H and O–H groups in total. The van der Waals surface area contributed by atoms with Gasteiger partial charge in [0.15, 0.2) is 0 Å². The number of nitro benzene ring substituents is 2. The van der Waals surface area contributed by atoms with Crippen LogP contribution in [0.4, 0.5) is 16.4 Å². The lowest BCUT2D eigenvalue weighted by Crippen LogP contribution is -2.24. The van der Waals surface area contributed by atoms with Crippen molar-refractivity contribution >= 4 is 39.8 Å². The summed E-state index contributed by atoms with van der Waals surface area (Å²) in [5, 5.41) is 26.0. The van der Waals surface area contributed by atoms with Gasteiger partial charge in [0.25, 0.3) is 11.6 Å². The van der Waals surface area contributed by atoms with Gasteiger partial charge in [0.1, 0.15) is 10.8 Å². The predicted octanol–water partition coefficient (Wildman–Crippen LogP) is 6.92. The highest BCUT2D eigenvalue weighted by molar-refractivity contribution is 7.16. The number of aryl methyl sites for hydroxylation is 1. The molecule has 0 saturated carbocycles. The molecule has 10 nitrogen and oxygen atoms in total. The Morgan fingerprint density at radius 3 is 2.45 bits per heavy atom. The average molecular weight is 557 g/mol. The zero-order valence-corrected chi connectivity index (χ0v) is 22.1. The third kappa shape index (κ3) is 6.05. The van der Waals surface area contributed by atoms with Crippen LogP contribution in [0.3, 0.4) is 0 Å². The molecule has 0 unspecified atom stereocenters. The molecule has 0 bridgehead atoms. The molecule has 0 aliphatic heterocycles. The summed E-state index contributed by atoms with van der Waals surface area (Å²) >= 11 is 1.55. The first-order valence-electron chi connectivity index (χ1n) is 12.6. The number of amides is 1. The fraction of sp³-hybridized carbons (Fsp3) is 0.172. The van der Waals surface area contributed by atoms with Crippen LogP contribution in [0.25, 0.3) is 0 Å². The highest BCUT2D eigenvalue weighted by atomic mass is 32.1. The molecule has 11 heteroatoms. The molecule has 0 spiro atoms. The molecule has 1 aliphatic carbocycles. The maximum Gasteiger partial charge on any atom is 0.318 e. The Balaban J connectivity index is 1.33. The van der Waals surface area contributed by atoms with E-state index in [0.29, 0.717) is 22.9 Å². The minimum Gasteiger partial charge on any atom is -0.450 e. The second-order valence-corrected chi connectivity index (χ2v) is 10.2. The number of ether oxygens (including phenoxy) is 1. The van der Waals surface area contributed by atoms with Crippen LogP contribution in [0.1, 0.15) is 44.8 Å². The van der Waals surface area contributed by atoms with Gasteiger partial charge in [-0.2, -0.15) is 0 Å². The highest BCUT2D eigenvalue weighted by Gasteiger charge is 2.25. The number of rotatable bonds is 9. The Morgan fingerprint density at radius 2 is 1.73 bits per heavy atom. The van der Waals surface area contributed by atoms with Crippen LogP contribution >= 0.6 is 11.3 Å². The Bertz CT molecular complexity index is 1600. The van der Waals surface area contributed by atoms with Crippen LogP contribution in [-0.4, -0.2) is 22.0 Å². The van der Waals surface area contributed by atoms with Crippen molar-refractivity contribution in [1.29, 1.82) is 0 Å². The number of carbonyl (C=O) groups is 1. The molecule has 202 valence electrons. The third-order valence-corrected chi connectivity index (χ3v) is 7.66. The number of nitrogens with one attached hydrogen (secondary N) is 1. The number of benzene rings is 3. The van der Waals surface area contributed by atoms with Gasteiger partial charge in [-0.1, -0.05) is 30.3 Å². The summed E-state index contributed by atoms with van der Waals surface area (Å²) in [5.41, 5.74) is 2.59. The molecular weight excluding hydrogens is 532 g/mol. The number of fused-ring (bicyclic) bond motifs is 1. The topological polar surface area (TPSA) is 137 Å². The van der Waals surface area contributed by atoms with Crippen LogP contribution < -0.4 is 10.1 Å². The van der Waals surface area contributed by atoms with Crippen molar-refractivity contribution in [3.8, 4) is 11.5 Å². The van der Waals surface area contributed by atoms with E-state index < -0.39 is 21.2 Å². The van der Waals surface area contributed by atoms with Crippen molar-refractivity contribution < 1.29 is 19.4 Å². The third-order valence-electron chi connectivity index (χ3n) is 6.46. The summed E-state index contributed by atoms with van der Waals surface area (Å²) in [6.07, 6.45) is 5.60. The molecule has 1 heterocycles. The monoisotopic (exact) mass is 556 g/mol. The van der Waals surface area contributed by atoms with E-state index in [1.807, 2.05) is 30.3 Å². The van der Waals surface area contributed by atoms with Gasteiger partial charge >= 0.3 is 5.69 Å². The molecule has 0 saturated heterocycles. The van der Waals surface area contributed by atoms with E-state index >= 15 is 0 Å². The van der Waals surface area contributed by atoms with Crippen molar-refractivity contribution in [3.63, 3.8) is 0 Å². The van der Waals surface area contributed by atoms with E-state index in [1.54, 1.807) is 41.8 Å². The Kier molecular flexibility index (Phi) is 7.92. The van der Waals surface area contributed by atoms with Crippen LogP contribution in [0.15, 0.2) is 77.8 Å². The number of non-ortho nitro benzene ring substituents is 1. The Morgan fingerprint density at radius 1 is 0.975 bits per heavy atom. The fourth-order valence-electron chi connectivity index (χ4n) is 4.47. The molecule has 0 fully saturated rings. The summed E-state index contributed by atoms with van der Waals surface area (Å²) in [4.78, 5) is 40.1. The number of hydrogen-bond acceptors (Lipinski definition) is 8. The van der Waals surface area contributed by atoms with E-state index in [0.717, 1.165) is 54.5 Å². The van der Waals surface area contributed by atoms with Gasteiger partial charge in [0.05, 0.1) is 21.5 Å². The second kappa shape index (κ2) is 11.9. The second-order valence-electron chi connectivity index (χ2n) is 9.15. The summed E-state index contributed by atoms with van der Waals surface area (Å²) in [7, 11) is 0. The minimum atomic E-state index is -0.725. The number of thiophene rings is 1. The number of carbonyl (C=O) groups excluding carboxylic acids is 1. The summed E-state index contributed by atoms with van der Waals surface area (Å²) in [6.45, 7) is 0.432. The first-order valence-corrected chi connectivity index (χ1v) is 13.4. The van der Waals surface area contributed by atoms with Crippen molar-refractivity contribution in [2.75, 3.05) is 0 Å². The fourth-order valence-corrected chi connectivity index (χ4v) is 5.70. The van der Waals surface area contributed by atoms with Crippen molar-refractivity contribution in [2.24, 2.45) is 4.99 Å². The van der Waals surface area contributed by atoms with Crippen molar-refractivity contribution in [1.82, 2.24) is 5.32 Å². The summed E-state index contributed by atoms with van der Waals surface area (Å²) in [6, 6.07) is 19.7. The summed E-state index contributed by atoms with van der Waals surface area (Å²) < 4.78 is 5.63. The molecule has 1 aliphatic rings. The number of hydrogen-bond donors (Lipinski definition) is 1. The van der Waals surface area contributed by atoms with E-state index in [4.69, 9.17) is 4.74 Å². The highest BCUT2D eigenvalue weighted by Crippen LogP contribution is 2.40. The SMILES string of the molecule is O=C(NCc1ccccc1)c1c(/N=C\c2ccc(Oc3ccc([N+](=O)[O-])cc3[N+](=O)[O-])cc2)sc2c1CCCC2. The van der Waals surface area contributed by atoms with E-state index in [1.165, 1.54) is 10.9 Å². The van der Waals surface area contributed by atoms with Crippen LogP contribution in [0.2, 0.25) is 0 Å². The quantitative estimate of drug-likeness (QED) is 0.135. The van der Waals surface area contributed by atoms with Crippen LogP contribution in [-0.2, 0) is 19.4 Å². The minimum absolute atomic E-state index is 0.104. The molecule has 5 rings (SSSR count). The van der Waals surface area contributed by atoms with E-state index in [9.17, 15) is 25.0 Å².